The first-order valence-electron chi connectivity index (χ1n) is 6.85. The highest BCUT2D eigenvalue weighted by Crippen LogP contribution is 2.31. The lowest BCUT2D eigenvalue weighted by Crippen LogP contribution is -2.52. The molecule has 3 heteroatoms. The number of ether oxygens (including phenoxy) is 1. The van der Waals surface area contributed by atoms with Crippen molar-refractivity contribution in [2.75, 3.05) is 19.6 Å². The summed E-state index contributed by atoms with van der Waals surface area (Å²) in [5.74, 6) is 1.68. The minimum Gasteiger partial charge on any atom is -0.474 e. The number of nitrogens with zero attached hydrogens (tertiary/aromatic N) is 1. The van der Waals surface area contributed by atoms with Crippen molar-refractivity contribution in [1.82, 2.24) is 9.88 Å². The second-order valence-corrected chi connectivity index (χ2v) is 5.52. The number of fused-ring (bicyclic) bond motifs is 4. The van der Waals surface area contributed by atoms with Gasteiger partial charge in [-0.2, -0.15) is 0 Å². The molecule has 3 fully saturated rings. The van der Waals surface area contributed by atoms with Crippen LogP contribution in [-0.2, 0) is 0 Å². The zero-order chi connectivity index (χ0) is 11.9. The van der Waals surface area contributed by atoms with Gasteiger partial charge in [-0.15, -0.1) is 0 Å². The first-order valence-corrected chi connectivity index (χ1v) is 6.85. The Balaban J connectivity index is 1.57. The number of hydrogen-bond donors (Lipinski definition) is 1. The third-order valence-electron chi connectivity index (χ3n) is 4.38. The molecule has 0 amide bonds. The minimum absolute atomic E-state index is 0.376. The van der Waals surface area contributed by atoms with Crippen molar-refractivity contribution < 1.29 is 4.74 Å². The predicted octanol–water partition coefficient (Wildman–Crippen LogP) is 2.64. The van der Waals surface area contributed by atoms with E-state index in [0.717, 1.165) is 23.9 Å². The van der Waals surface area contributed by atoms with Crippen molar-refractivity contribution >= 4 is 10.9 Å². The van der Waals surface area contributed by atoms with Crippen molar-refractivity contribution in [2.45, 2.75) is 18.9 Å². The molecular weight excluding hydrogens is 224 g/mol. The van der Waals surface area contributed by atoms with Gasteiger partial charge in [0.1, 0.15) is 6.10 Å². The largest absolute Gasteiger partial charge is 0.474 e. The van der Waals surface area contributed by atoms with Crippen molar-refractivity contribution in [3.63, 3.8) is 0 Å². The molecule has 1 aromatic carbocycles. The number of piperidine rings is 3. The molecule has 3 nitrogen and oxygen atoms in total. The molecule has 94 valence electrons. The Morgan fingerprint density at radius 3 is 2.72 bits per heavy atom. The van der Waals surface area contributed by atoms with E-state index in [-0.39, 0.29) is 0 Å². The van der Waals surface area contributed by atoms with Gasteiger partial charge in [0, 0.05) is 23.5 Å². The summed E-state index contributed by atoms with van der Waals surface area (Å²) in [6.45, 7) is 3.62. The molecular formula is C15H18N2O. The Morgan fingerprint density at radius 2 is 2.00 bits per heavy atom. The molecule has 3 aliphatic heterocycles. The zero-order valence-corrected chi connectivity index (χ0v) is 10.4. The molecule has 2 bridgehead atoms. The van der Waals surface area contributed by atoms with Crippen LogP contribution in [0.25, 0.3) is 10.9 Å². The van der Waals surface area contributed by atoms with Gasteiger partial charge in [-0.25, -0.2) is 0 Å². The summed E-state index contributed by atoms with van der Waals surface area (Å²) in [4.78, 5) is 5.88. The van der Waals surface area contributed by atoms with Crippen LogP contribution in [0.5, 0.6) is 5.88 Å². The number of para-hydroxylation sites is 1. The van der Waals surface area contributed by atoms with Crippen LogP contribution in [0.1, 0.15) is 12.8 Å². The first kappa shape index (κ1) is 10.4. The van der Waals surface area contributed by atoms with E-state index in [1.54, 1.807) is 0 Å². The van der Waals surface area contributed by atoms with Crippen LogP contribution in [0.2, 0.25) is 0 Å². The lowest BCUT2D eigenvalue weighted by atomic mass is 9.86. The Labute approximate surface area is 107 Å². The molecule has 0 spiro atoms. The summed E-state index contributed by atoms with van der Waals surface area (Å²) < 4.78 is 6.18. The standard InChI is InChI=1S/C15H18N2O/c1-2-4-13-12(3-1)9-15(16-13)18-14-10-17-7-5-11(14)6-8-17/h1-4,9,11,14,16H,5-8,10H2. The van der Waals surface area contributed by atoms with Gasteiger partial charge >= 0.3 is 0 Å². The fourth-order valence-electron chi connectivity index (χ4n) is 3.32. The van der Waals surface area contributed by atoms with Gasteiger partial charge in [0.15, 0.2) is 5.88 Å². The topological polar surface area (TPSA) is 28.3 Å². The van der Waals surface area contributed by atoms with Crippen LogP contribution in [0.4, 0.5) is 0 Å². The Morgan fingerprint density at radius 1 is 1.17 bits per heavy atom. The lowest BCUT2D eigenvalue weighted by Gasteiger charge is -2.44. The SMILES string of the molecule is c1ccc2[nH]c(OC3CN4CCC3CC4)cc2c1. The Hall–Kier alpha value is -1.48. The smallest absolute Gasteiger partial charge is 0.192 e. The molecule has 5 rings (SSSR count). The van der Waals surface area contributed by atoms with Gasteiger partial charge in [-0.1, -0.05) is 18.2 Å². The highest BCUT2D eigenvalue weighted by atomic mass is 16.5. The zero-order valence-electron chi connectivity index (χ0n) is 10.4. The predicted molar refractivity (Wildman–Crippen MR) is 71.9 cm³/mol. The van der Waals surface area contributed by atoms with E-state index in [2.05, 4.69) is 40.2 Å². The van der Waals surface area contributed by atoms with Gasteiger partial charge in [0.2, 0.25) is 0 Å². The first-order chi connectivity index (χ1) is 8.88. The summed E-state index contributed by atoms with van der Waals surface area (Å²) in [5, 5.41) is 1.23. The number of H-pyrrole nitrogens is 1. The number of aromatic amines is 1. The van der Waals surface area contributed by atoms with Crippen LogP contribution in [0, 0.1) is 5.92 Å². The van der Waals surface area contributed by atoms with E-state index in [4.69, 9.17) is 4.74 Å². The third-order valence-corrected chi connectivity index (χ3v) is 4.38. The normalized spacial score (nSPS) is 30.8. The summed E-state index contributed by atoms with van der Waals surface area (Å²) in [5.41, 5.74) is 1.16. The molecule has 1 N–H and O–H groups in total. The van der Waals surface area contributed by atoms with Gasteiger partial charge in [0.05, 0.1) is 0 Å². The van der Waals surface area contributed by atoms with Crippen LogP contribution in [0.15, 0.2) is 30.3 Å². The molecule has 18 heavy (non-hydrogen) atoms. The molecule has 0 aliphatic carbocycles. The summed E-state index contributed by atoms with van der Waals surface area (Å²) in [6, 6.07) is 10.5. The molecule has 4 heterocycles. The van der Waals surface area contributed by atoms with E-state index in [9.17, 15) is 0 Å². The molecule has 2 aromatic rings. The minimum atomic E-state index is 0.376. The van der Waals surface area contributed by atoms with E-state index >= 15 is 0 Å². The second kappa shape index (κ2) is 4.02. The van der Waals surface area contributed by atoms with E-state index in [1.807, 2.05) is 0 Å². The number of rotatable bonds is 2. The van der Waals surface area contributed by atoms with Crippen LogP contribution >= 0.6 is 0 Å². The van der Waals surface area contributed by atoms with E-state index in [1.165, 1.54) is 31.3 Å². The van der Waals surface area contributed by atoms with Crippen molar-refractivity contribution in [3.8, 4) is 5.88 Å². The average Bonchev–Trinajstić information content (AvgIpc) is 2.82. The van der Waals surface area contributed by atoms with Gasteiger partial charge < -0.3 is 9.72 Å². The molecule has 1 atom stereocenters. The number of benzene rings is 1. The summed E-state index contributed by atoms with van der Waals surface area (Å²) >= 11 is 0. The van der Waals surface area contributed by atoms with Crippen molar-refractivity contribution in [1.29, 1.82) is 0 Å². The molecule has 1 aromatic heterocycles. The fraction of sp³-hybridized carbons (Fsp3) is 0.467. The van der Waals surface area contributed by atoms with Crippen molar-refractivity contribution in [3.05, 3.63) is 30.3 Å². The number of hydrogen-bond acceptors (Lipinski definition) is 2. The van der Waals surface area contributed by atoms with Crippen LogP contribution < -0.4 is 4.74 Å². The molecule has 3 aliphatic rings. The monoisotopic (exact) mass is 242 g/mol. The van der Waals surface area contributed by atoms with Gasteiger partial charge in [-0.3, -0.25) is 4.90 Å². The van der Waals surface area contributed by atoms with Crippen LogP contribution in [0.3, 0.4) is 0 Å². The van der Waals surface area contributed by atoms with E-state index in [0.29, 0.717) is 6.10 Å². The maximum atomic E-state index is 6.18. The average molecular weight is 242 g/mol. The summed E-state index contributed by atoms with van der Waals surface area (Å²) in [6.07, 6.45) is 2.97. The molecule has 0 radical (unpaired) electrons. The lowest BCUT2D eigenvalue weighted by molar-refractivity contribution is -0.00956. The third kappa shape index (κ3) is 1.70. The maximum Gasteiger partial charge on any atom is 0.192 e. The second-order valence-electron chi connectivity index (χ2n) is 5.52. The Bertz CT molecular complexity index is 521. The molecule has 0 saturated carbocycles. The molecule has 3 saturated heterocycles. The Kier molecular flexibility index (Phi) is 2.33. The number of aromatic nitrogens is 1. The molecule has 1 unspecified atom stereocenters. The van der Waals surface area contributed by atoms with Gasteiger partial charge in [0.25, 0.3) is 0 Å². The van der Waals surface area contributed by atoms with Gasteiger partial charge in [-0.05, 0) is 37.9 Å². The highest BCUT2D eigenvalue weighted by molar-refractivity contribution is 5.81. The number of nitrogens with one attached hydrogen (secondary N) is 1. The summed E-state index contributed by atoms with van der Waals surface area (Å²) in [7, 11) is 0. The van der Waals surface area contributed by atoms with E-state index < -0.39 is 0 Å². The quantitative estimate of drug-likeness (QED) is 0.877. The van der Waals surface area contributed by atoms with Crippen LogP contribution in [-0.4, -0.2) is 35.6 Å². The highest BCUT2D eigenvalue weighted by Gasteiger charge is 2.35. The van der Waals surface area contributed by atoms with Crippen molar-refractivity contribution in [2.24, 2.45) is 5.92 Å². The maximum absolute atomic E-state index is 6.18. The fourth-order valence-corrected chi connectivity index (χ4v) is 3.32.